The van der Waals surface area contributed by atoms with E-state index < -0.39 is 0 Å². The van der Waals surface area contributed by atoms with Crippen LogP contribution in [-0.4, -0.2) is 0 Å². The minimum Gasteiger partial charge on any atom is -0.0710 e. The minimum absolute atomic E-state index is 0.512. The van der Waals surface area contributed by atoms with Crippen LogP contribution in [0.2, 0.25) is 0 Å². The topological polar surface area (TPSA) is 0 Å². The maximum absolute atomic E-state index is 2.53. The van der Waals surface area contributed by atoms with Crippen LogP contribution in [0.5, 0.6) is 0 Å². The van der Waals surface area contributed by atoms with Crippen LogP contribution in [0.1, 0.15) is 33.6 Å². The Morgan fingerprint density at radius 2 is 2.09 bits per heavy atom. The van der Waals surface area contributed by atoms with Crippen molar-refractivity contribution in [2.75, 3.05) is 0 Å². The fourth-order valence-corrected chi connectivity index (χ4v) is 4.01. The number of rotatable bonds is 0. The predicted molar refractivity (Wildman–Crippen MR) is 56.7 cm³/mol. The lowest BCUT2D eigenvalue weighted by atomic mass is 9.70. The van der Waals surface area contributed by atoms with E-state index in [1.807, 2.05) is 0 Å². The Labute approximate surface area is 82.6 Å². The maximum atomic E-state index is 2.53. The molecule has 1 saturated carbocycles. The number of hydrogen-bond donors (Lipinski definition) is 0. The van der Waals surface area contributed by atoms with Gasteiger partial charge in [0.2, 0.25) is 0 Å². The van der Waals surface area contributed by atoms with Gasteiger partial charge < -0.3 is 0 Å². The van der Waals surface area contributed by atoms with Gasteiger partial charge in [-0.05, 0) is 50.3 Å². The highest BCUT2D eigenvalue weighted by Gasteiger charge is 2.56. The van der Waals surface area contributed by atoms with Gasteiger partial charge in [-0.1, -0.05) is 26.8 Å². The van der Waals surface area contributed by atoms with E-state index in [0.29, 0.717) is 10.8 Å². The lowest BCUT2D eigenvalue weighted by molar-refractivity contribution is 0.180. The van der Waals surface area contributed by atoms with Gasteiger partial charge in [0.1, 0.15) is 0 Å². The van der Waals surface area contributed by atoms with Crippen LogP contribution in [0.3, 0.4) is 0 Å². The molecule has 0 amide bonds. The van der Waals surface area contributed by atoms with Crippen molar-refractivity contribution in [1.29, 1.82) is 0 Å². The van der Waals surface area contributed by atoms with Crippen molar-refractivity contribution >= 4 is 22.6 Å². The molecule has 0 aromatic carbocycles. The predicted octanol–water partition coefficient (Wildman–Crippen LogP) is 3.76. The van der Waals surface area contributed by atoms with E-state index in [9.17, 15) is 0 Å². The molecule has 0 N–H and O–H groups in total. The van der Waals surface area contributed by atoms with Gasteiger partial charge in [0.05, 0.1) is 0 Å². The molecule has 2 aliphatic carbocycles. The first-order chi connectivity index (χ1) is 4.98. The summed E-state index contributed by atoms with van der Waals surface area (Å²) in [6.07, 6.45) is 5.31. The van der Waals surface area contributed by atoms with Gasteiger partial charge in [-0.2, -0.15) is 0 Å². The summed E-state index contributed by atoms with van der Waals surface area (Å²) in [7, 11) is 0. The summed E-state index contributed by atoms with van der Waals surface area (Å²) in [4.78, 5) is 0. The molecule has 62 valence electrons. The monoisotopic (exact) mass is 262 g/mol. The zero-order valence-corrected chi connectivity index (χ0v) is 9.60. The number of fused-ring (bicyclic) bond motifs is 2. The van der Waals surface area contributed by atoms with Crippen molar-refractivity contribution in [2.24, 2.45) is 16.7 Å². The standard InChI is InChI=1S/C10H15I/c1-9(2)7-4-5-10(9,3)8(11)6-7/h6-7H,4-5H2,1-3H3/t7-,10+/m1/s1. The average molecular weight is 262 g/mol. The van der Waals surface area contributed by atoms with Gasteiger partial charge in [0, 0.05) is 5.41 Å². The molecule has 0 heterocycles. The molecular formula is C10H15I. The van der Waals surface area contributed by atoms with Crippen molar-refractivity contribution in [3.8, 4) is 0 Å². The number of allylic oxidation sites excluding steroid dienone is 2. The normalized spacial score (nSPS) is 46.2. The molecule has 0 unspecified atom stereocenters. The summed E-state index contributed by atoms with van der Waals surface area (Å²) in [5.74, 6) is 0.861. The lowest BCUT2D eigenvalue weighted by Crippen LogP contribution is -2.28. The summed E-state index contributed by atoms with van der Waals surface area (Å²) in [5.41, 5.74) is 1.04. The third kappa shape index (κ3) is 0.758. The SMILES string of the molecule is CC1(C)[C@H]2C=C(I)[C@]1(C)CC2. The first-order valence-electron chi connectivity index (χ1n) is 4.36. The van der Waals surface area contributed by atoms with Crippen LogP contribution in [0.4, 0.5) is 0 Å². The highest BCUT2D eigenvalue weighted by Crippen LogP contribution is 2.66. The molecule has 0 aliphatic heterocycles. The molecule has 2 bridgehead atoms. The summed E-state index contributed by atoms with van der Waals surface area (Å²) >= 11 is 2.53. The first kappa shape index (κ1) is 8.09. The lowest BCUT2D eigenvalue weighted by Gasteiger charge is -2.35. The van der Waals surface area contributed by atoms with Crippen molar-refractivity contribution in [3.05, 3.63) is 9.66 Å². The average Bonchev–Trinajstić information content (AvgIpc) is 2.20. The number of halogens is 1. The van der Waals surface area contributed by atoms with E-state index >= 15 is 0 Å². The molecule has 1 fully saturated rings. The largest absolute Gasteiger partial charge is 0.0710 e. The van der Waals surface area contributed by atoms with Crippen molar-refractivity contribution < 1.29 is 0 Å². The van der Waals surface area contributed by atoms with Crippen molar-refractivity contribution in [2.45, 2.75) is 33.6 Å². The van der Waals surface area contributed by atoms with E-state index in [2.05, 4.69) is 49.4 Å². The zero-order valence-electron chi connectivity index (χ0n) is 7.45. The second-order valence-corrected chi connectivity index (χ2v) is 5.88. The Morgan fingerprint density at radius 3 is 2.27 bits per heavy atom. The second kappa shape index (κ2) is 2.04. The minimum atomic E-state index is 0.512. The van der Waals surface area contributed by atoms with E-state index in [4.69, 9.17) is 0 Å². The highest BCUT2D eigenvalue weighted by molar-refractivity contribution is 14.1. The fraction of sp³-hybridized carbons (Fsp3) is 0.800. The molecule has 2 rings (SSSR count). The first-order valence-corrected chi connectivity index (χ1v) is 5.44. The van der Waals surface area contributed by atoms with Gasteiger partial charge in [-0.3, -0.25) is 0 Å². The van der Waals surface area contributed by atoms with E-state index in [1.54, 1.807) is 3.58 Å². The molecule has 0 radical (unpaired) electrons. The zero-order chi connectivity index (χ0) is 8.28. The van der Waals surface area contributed by atoms with Crippen LogP contribution in [0.25, 0.3) is 0 Å². The summed E-state index contributed by atoms with van der Waals surface area (Å²) < 4.78 is 1.61. The smallest absolute Gasteiger partial charge is 0.00365 e. The molecule has 0 nitrogen and oxygen atoms in total. The van der Waals surface area contributed by atoms with Gasteiger partial charge in [0.25, 0.3) is 0 Å². The van der Waals surface area contributed by atoms with E-state index in [0.717, 1.165) is 5.92 Å². The van der Waals surface area contributed by atoms with Gasteiger partial charge in [0.15, 0.2) is 0 Å². The Morgan fingerprint density at radius 1 is 1.45 bits per heavy atom. The number of hydrogen-bond acceptors (Lipinski definition) is 0. The molecule has 2 atom stereocenters. The highest BCUT2D eigenvalue weighted by atomic mass is 127. The summed E-state index contributed by atoms with van der Waals surface area (Å²) in [5, 5.41) is 0. The summed E-state index contributed by atoms with van der Waals surface area (Å²) in [6.45, 7) is 7.28. The van der Waals surface area contributed by atoms with E-state index in [1.165, 1.54) is 12.8 Å². The Kier molecular flexibility index (Phi) is 1.50. The quantitative estimate of drug-likeness (QED) is 0.583. The van der Waals surface area contributed by atoms with Gasteiger partial charge in [-0.25, -0.2) is 0 Å². The van der Waals surface area contributed by atoms with Gasteiger partial charge >= 0.3 is 0 Å². The third-order valence-electron chi connectivity index (χ3n) is 4.18. The molecule has 0 aromatic heterocycles. The van der Waals surface area contributed by atoms with Crippen LogP contribution >= 0.6 is 22.6 Å². The third-order valence-corrected chi connectivity index (χ3v) is 5.73. The second-order valence-electron chi connectivity index (χ2n) is 4.71. The fourth-order valence-electron chi connectivity index (χ4n) is 2.62. The molecule has 0 saturated heterocycles. The Balaban J connectivity index is 2.49. The molecule has 0 aromatic rings. The van der Waals surface area contributed by atoms with Crippen molar-refractivity contribution in [3.63, 3.8) is 0 Å². The van der Waals surface area contributed by atoms with Crippen LogP contribution in [0.15, 0.2) is 9.66 Å². The van der Waals surface area contributed by atoms with Crippen LogP contribution in [0, 0.1) is 16.7 Å². The Hall–Kier alpha value is 0.470. The molecular weight excluding hydrogens is 247 g/mol. The van der Waals surface area contributed by atoms with Crippen LogP contribution in [-0.2, 0) is 0 Å². The molecule has 11 heavy (non-hydrogen) atoms. The van der Waals surface area contributed by atoms with E-state index in [-0.39, 0.29) is 0 Å². The van der Waals surface area contributed by atoms with Crippen molar-refractivity contribution in [1.82, 2.24) is 0 Å². The summed E-state index contributed by atoms with van der Waals surface area (Å²) in [6, 6.07) is 0. The van der Waals surface area contributed by atoms with Crippen LogP contribution < -0.4 is 0 Å². The molecule has 2 aliphatic rings. The molecule has 0 spiro atoms. The Bertz CT molecular complexity index is 227. The maximum Gasteiger partial charge on any atom is 0.00365 e. The molecule has 1 heteroatoms. The van der Waals surface area contributed by atoms with Gasteiger partial charge in [-0.15, -0.1) is 0 Å².